The number of hydrogen-bond acceptors (Lipinski definition) is 5. The van der Waals surface area contributed by atoms with Crippen LogP contribution in [0.4, 0.5) is 5.82 Å². The molecule has 1 saturated heterocycles. The van der Waals surface area contributed by atoms with Gasteiger partial charge in [-0.3, -0.25) is 4.98 Å². The number of likely N-dealkylation sites (N-methyl/N-ethyl adjacent to an activating group) is 1. The second-order valence-corrected chi connectivity index (χ2v) is 5.33. The molecule has 20 heavy (non-hydrogen) atoms. The molecule has 1 atom stereocenters. The Morgan fingerprint density at radius 1 is 1.35 bits per heavy atom. The Labute approximate surface area is 119 Å². The first-order valence-electron chi connectivity index (χ1n) is 7.03. The predicted octanol–water partition coefficient (Wildman–Crippen LogP) is 1.62. The van der Waals surface area contributed by atoms with Crippen molar-refractivity contribution in [1.29, 1.82) is 0 Å². The highest BCUT2D eigenvalue weighted by atomic mass is 16.5. The molecule has 1 aliphatic heterocycles. The monoisotopic (exact) mass is 272 g/mol. The van der Waals surface area contributed by atoms with E-state index >= 15 is 0 Å². The van der Waals surface area contributed by atoms with E-state index in [1.807, 2.05) is 24.3 Å². The summed E-state index contributed by atoms with van der Waals surface area (Å²) in [5.41, 5.74) is 1.85. The van der Waals surface area contributed by atoms with E-state index in [-0.39, 0.29) is 0 Å². The van der Waals surface area contributed by atoms with E-state index in [0.717, 1.165) is 49.7 Å². The van der Waals surface area contributed by atoms with E-state index in [1.54, 1.807) is 6.20 Å². The number of nitrogens with zero attached hydrogens (tertiary/aromatic N) is 3. The van der Waals surface area contributed by atoms with Crippen molar-refractivity contribution in [3.05, 3.63) is 30.5 Å². The van der Waals surface area contributed by atoms with Gasteiger partial charge in [-0.15, -0.1) is 0 Å². The molecular weight excluding hydrogens is 252 g/mol. The van der Waals surface area contributed by atoms with E-state index in [9.17, 15) is 0 Å². The van der Waals surface area contributed by atoms with Gasteiger partial charge in [0.15, 0.2) is 0 Å². The molecule has 2 aromatic rings. The molecule has 1 aromatic carbocycles. The Morgan fingerprint density at radius 2 is 2.20 bits per heavy atom. The fourth-order valence-corrected chi connectivity index (χ4v) is 2.47. The van der Waals surface area contributed by atoms with Gasteiger partial charge in [0.05, 0.1) is 30.4 Å². The number of anilines is 1. The van der Waals surface area contributed by atoms with Gasteiger partial charge < -0.3 is 15.0 Å². The molecule has 2 heterocycles. The quantitative estimate of drug-likeness (QED) is 0.920. The van der Waals surface area contributed by atoms with Crippen LogP contribution in [0.3, 0.4) is 0 Å². The maximum atomic E-state index is 5.62. The molecule has 1 aliphatic rings. The van der Waals surface area contributed by atoms with Crippen LogP contribution in [-0.4, -0.2) is 54.8 Å². The Balaban J connectivity index is 1.64. The summed E-state index contributed by atoms with van der Waals surface area (Å²) in [6.07, 6.45) is 1.80. The summed E-state index contributed by atoms with van der Waals surface area (Å²) >= 11 is 0. The maximum absolute atomic E-state index is 5.62. The highest BCUT2D eigenvalue weighted by Gasteiger charge is 2.16. The van der Waals surface area contributed by atoms with E-state index in [2.05, 4.69) is 27.2 Å². The second kappa shape index (κ2) is 6.15. The lowest BCUT2D eigenvalue weighted by molar-refractivity contribution is 0.125. The minimum atomic E-state index is 0.482. The normalized spacial score (nSPS) is 20.8. The largest absolute Gasteiger partial charge is 0.380 e. The zero-order chi connectivity index (χ0) is 13.8. The third-order valence-corrected chi connectivity index (χ3v) is 3.56. The van der Waals surface area contributed by atoms with Gasteiger partial charge in [0, 0.05) is 25.6 Å². The van der Waals surface area contributed by atoms with Crippen molar-refractivity contribution < 1.29 is 4.74 Å². The van der Waals surface area contributed by atoms with Crippen LogP contribution in [0.1, 0.15) is 0 Å². The number of aromatic nitrogens is 2. The van der Waals surface area contributed by atoms with Crippen LogP contribution in [0.15, 0.2) is 30.5 Å². The van der Waals surface area contributed by atoms with Crippen molar-refractivity contribution >= 4 is 16.9 Å². The number of rotatable bonds is 3. The molecule has 106 valence electrons. The van der Waals surface area contributed by atoms with Gasteiger partial charge in [-0.05, 0) is 19.2 Å². The minimum Gasteiger partial charge on any atom is -0.380 e. The van der Waals surface area contributed by atoms with E-state index < -0.39 is 0 Å². The highest BCUT2D eigenvalue weighted by Crippen LogP contribution is 2.12. The first-order chi connectivity index (χ1) is 9.81. The van der Waals surface area contributed by atoms with Gasteiger partial charge in [-0.25, -0.2) is 4.98 Å². The van der Waals surface area contributed by atoms with Crippen LogP contribution in [-0.2, 0) is 4.74 Å². The van der Waals surface area contributed by atoms with Gasteiger partial charge in [0.25, 0.3) is 0 Å². The first kappa shape index (κ1) is 13.3. The number of ether oxygens (including phenoxy) is 1. The van der Waals surface area contributed by atoms with Crippen LogP contribution in [0, 0.1) is 5.92 Å². The third kappa shape index (κ3) is 3.23. The van der Waals surface area contributed by atoms with Crippen molar-refractivity contribution in [1.82, 2.24) is 14.9 Å². The van der Waals surface area contributed by atoms with E-state index in [1.165, 1.54) is 0 Å². The zero-order valence-corrected chi connectivity index (χ0v) is 11.7. The molecule has 0 unspecified atom stereocenters. The maximum Gasteiger partial charge on any atom is 0.145 e. The lowest BCUT2D eigenvalue weighted by Crippen LogP contribution is -2.30. The van der Waals surface area contributed by atoms with Crippen LogP contribution >= 0.6 is 0 Å². The fourth-order valence-electron chi connectivity index (χ4n) is 2.47. The van der Waals surface area contributed by atoms with Gasteiger partial charge >= 0.3 is 0 Å². The summed E-state index contributed by atoms with van der Waals surface area (Å²) in [4.78, 5) is 11.3. The molecule has 1 N–H and O–H groups in total. The van der Waals surface area contributed by atoms with Crippen molar-refractivity contribution in [2.24, 2.45) is 5.92 Å². The number of nitrogens with one attached hydrogen (secondary N) is 1. The van der Waals surface area contributed by atoms with E-state index in [4.69, 9.17) is 4.74 Å². The fraction of sp³-hybridized carbons (Fsp3) is 0.467. The van der Waals surface area contributed by atoms with Crippen molar-refractivity contribution in [3.63, 3.8) is 0 Å². The summed E-state index contributed by atoms with van der Waals surface area (Å²) in [7, 11) is 2.14. The van der Waals surface area contributed by atoms with Gasteiger partial charge in [0.2, 0.25) is 0 Å². The third-order valence-electron chi connectivity index (χ3n) is 3.56. The summed E-state index contributed by atoms with van der Waals surface area (Å²) in [5.74, 6) is 1.31. The minimum absolute atomic E-state index is 0.482. The molecule has 0 spiro atoms. The molecule has 5 heteroatoms. The zero-order valence-electron chi connectivity index (χ0n) is 11.7. The Morgan fingerprint density at radius 3 is 3.10 bits per heavy atom. The second-order valence-electron chi connectivity index (χ2n) is 5.33. The standard InChI is InChI=1S/C15H20N4O/c1-19-6-7-20-11-12(10-19)8-17-15-9-16-13-4-2-3-5-14(13)18-15/h2-5,9,12H,6-8,10-11H2,1H3,(H,17,18)/t12-/m0/s1. The Hall–Kier alpha value is -1.72. The molecule has 1 fully saturated rings. The van der Waals surface area contributed by atoms with Crippen LogP contribution < -0.4 is 5.32 Å². The summed E-state index contributed by atoms with van der Waals surface area (Å²) in [5, 5.41) is 3.37. The Kier molecular flexibility index (Phi) is 4.08. The number of hydrogen-bond donors (Lipinski definition) is 1. The summed E-state index contributed by atoms with van der Waals surface area (Å²) < 4.78 is 5.62. The summed E-state index contributed by atoms with van der Waals surface area (Å²) in [6, 6.07) is 7.91. The molecule has 0 radical (unpaired) electrons. The average Bonchev–Trinajstić information content (AvgIpc) is 2.69. The number of benzene rings is 1. The lowest BCUT2D eigenvalue weighted by Gasteiger charge is -2.19. The molecule has 0 bridgehead atoms. The average molecular weight is 272 g/mol. The first-order valence-corrected chi connectivity index (χ1v) is 7.03. The summed E-state index contributed by atoms with van der Waals surface area (Å²) in [6.45, 7) is 4.54. The van der Waals surface area contributed by atoms with E-state index in [0.29, 0.717) is 5.92 Å². The topological polar surface area (TPSA) is 50.3 Å². The smallest absolute Gasteiger partial charge is 0.145 e. The van der Waals surface area contributed by atoms with Gasteiger partial charge in [-0.2, -0.15) is 0 Å². The van der Waals surface area contributed by atoms with Crippen molar-refractivity contribution in [3.8, 4) is 0 Å². The molecular formula is C15H20N4O. The predicted molar refractivity (Wildman–Crippen MR) is 79.8 cm³/mol. The number of fused-ring (bicyclic) bond motifs is 1. The molecule has 0 saturated carbocycles. The lowest BCUT2D eigenvalue weighted by atomic mass is 10.1. The van der Waals surface area contributed by atoms with Crippen LogP contribution in [0.25, 0.3) is 11.0 Å². The molecule has 3 rings (SSSR count). The van der Waals surface area contributed by atoms with Crippen LogP contribution in [0.5, 0.6) is 0 Å². The highest BCUT2D eigenvalue weighted by molar-refractivity contribution is 5.75. The van der Waals surface area contributed by atoms with Crippen molar-refractivity contribution in [2.45, 2.75) is 0 Å². The van der Waals surface area contributed by atoms with Gasteiger partial charge in [0.1, 0.15) is 5.82 Å². The van der Waals surface area contributed by atoms with Crippen LogP contribution in [0.2, 0.25) is 0 Å². The van der Waals surface area contributed by atoms with Crippen molar-refractivity contribution in [2.75, 3.05) is 45.2 Å². The molecule has 1 aromatic heterocycles. The molecule has 0 amide bonds. The Bertz CT molecular complexity index is 575. The molecule has 5 nitrogen and oxygen atoms in total. The SMILES string of the molecule is CN1CCOC[C@@H](CNc2cnc3ccccc3n2)C1. The molecule has 0 aliphatic carbocycles. The van der Waals surface area contributed by atoms with Gasteiger partial charge in [-0.1, -0.05) is 12.1 Å². The number of para-hydroxylation sites is 2.